The van der Waals surface area contributed by atoms with Gasteiger partial charge in [0.05, 0.1) is 4.90 Å². The lowest BCUT2D eigenvalue weighted by molar-refractivity contribution is 0.288. The Kier molecular flexibility index (Phi) is 4.57. The smallest absolute Gasteiger partial charge is 0.207 e. The van der Waals surface area contributed by atoms with Crippen molar-refractivity contribution in [3.05, 3.63) is 29.8 Å². The van der Waals surface area contributed by atoms with Gasteiger partial charge >= 0.3 is 0 Å². The lowest BCUT2D eigenvalue weighted by atomic mass is 9.97. The second-order valence-electron chi connectivity index (χ2n) is 6.15. The van der Waals surface area contributed by atoms with Crippen LogP contribution in [0.15, 0.2) is 29.2 Å². The first kappa shape index (κ1) is 15.3. The Bertz CT molecular complexity index is 579. The van der Waals surface area contributed by atoms with Crippen LogP contribution in [0.3, 0.4) is 0 Å². The van der Waals surface area contributed by atoms with Crippen molar-refractivity contribution in [1.29, 1.82) is 0 Å². The standard InChI is InChI=1S/C16H22ClNO2S/c17-12-13-7-9-15(10-8-13)21(19,20)18-11-3-6-16(18)14-4-1-2-5-14/h7-10,14,16H,1-6,11-12H2. The summed E-state index contributed by atoms with van der Waals surface area (Å²) in [5.41, 5.74) is 0.949. The van der Waals surface area contributed by atoms with Crippen LogP contribution in [-0.4, -0.2) is 25.3 Å². The molecule has 0 spiro atoms. The van der Waals surface area contributed by atoms with Crippen LogP contribution in [0.4, 0.5) is 0 Å². The summed E-state index contributed by atoms with van der Waals surface area (Å²) in [6.07, 6.45) is 6.87. The first-order chi connectivity index (χ1) is 10.1. The Morgan fingerprint density at radius 2 is 1.71 bits per heavy atom. The van der Waals surface area contributed by atoms with Crippen LogP contribution < -0.4 is 0 Å². The maximum absolute atomic E-state index is 12.9. The Morgan fingerprint density at radius 3 is 2.33 bits per heavy atom. The van der Waals surface area contributed by atoms with Gasteiger partial charge in [0.2, 0.25) is 10.0 Å². The summed E-state index contributed by atoms with van der Waals surface area (Å²) in [6, 6.07) is 7.21. The number of hydrogen-bond acceptors (Lipinski definition) is 2. The van der Waals surface area contributed by atoms with Crippen molar-refractivity contribution in [2.75, 3.05) is 6.54 Å². The van der Waals surface area contributed by atoms with Crippen molar-refractivity contribution < 1.29 is 8.42 Å². The van der Waals surface area contributed by atoms with Crippen LogP contribution in [0.2, 0.25) is 0 Å². The van der Waals surface area contributed by atoms with Crippen LogP contribution in [0.5, 0.6) is 0 Å². The topological polar surface area (TPSA) is 37.4 Å². The summed E-state index contributed by atoms with van der Waals surface area (Å²) >= 11 is 5.77. The molecular weight excluding hydrogens is 306 g/mol. The summed E-state index contributed by atoms with van der Waals surface area (Å²) < 4.78 is 27.6. The van der Waals surface area contributed by atoms with Gasteiger partial charge in [0.1, 0.15) is 0 Å². The van der Waals surface area contributed by atoms with E-state index < -0.39 is 10.0 Å². The average molecular weight is 328 g/mol. The van der Waals surface area contributed by atoms with Crippen molar-refractivity contribution in [3.63, 3.8) is 0 Å². The van der Waals surface area contributed by atoms with Gasteiger partial charge < -0.3 is 0 Å². The maximum Gasteiger partial charge on any atom is 0.243 e. The van der Waals surface area contributed by atoms with E-state index in [-0.39, 0.29) is 6.04 Å². The number of benzene rings is 1. The lowest BCUT2D eigenvalue weighted by Crippen LogP contribution is -2.39. The quantitative estimate of drug-likeness (QED) is 0.789. The molecule has 116 valence electrons. The van der Waals surface area contributed by atoms with Gasteiger partial charge in [0, 0.05) is 18.5 Å². The third kappa shape index (κ3) is 2.99. The second-order valence-corrected chi connectivity index (χ2v) is 8.31. The molecule has 1 heterocycles. The number of rotatable bonds is 4. The highest BCUT2D eigenvalue weighted by molar-refractivity contribution is 7.89. The minimum Gasteiger partial charge on any atom is -0.207 e. The first-order valence-electron chi connectivity index (χ1n) is 7.79. The Labute approximate surface area is 132 Å². The minimum atomic E-state index is -3.36. The normalized spacial score (nSPS) is 24.7. The highest BCUT2D eigenvalue weighted by Crippen LogP contribution is 2.38. The molecular formula is C16H22ClNO2S. The molecule has 0 radical (unpaired) electrons. The van der Waals surface area contributed by atoms with Crippen LogP contribution in [0, 0.1) is 5.92 Å². The van der Waals surface area contributed by atoms with E-state index in [1.54, 1.807) is 28.6 Å². The third-order valence-corrected chi connectivity index (χ3v) is 7.12. The summed E-state index contributed by atoms with van der Waals surface area (Å²) in [4.78, 5) is 0.404. The number of halogens is 1. The number of sulfonamides is 1. The molecule has 21 heavy (non-hydrogen) atoms. The monoisotopic (exact) mass is 327 g/mol. The fraction of sp³-hybridized carbons (Fsp3) is 0.625. The van der Waals surface area contributed by atoms with Crippen LogP contribution in [0.25, 0.3) is 0 Å². The van der Waals surface area contributed by atoms with Crippen LogP contribution in [-0.2, 0) is 15.9 Å². The molecule has 3 rings (SSSR count). The highest BCUT2D eigenvalue weighted by Gasteiger charge is 2.40. The molecule has 1 saturated heterocycles. The minimum absolute atomic E-state index is 0.213. The summed E-state index contributed by atoms with van der Waals surface area (Å²) in [7, 11) is -3.36. The van der Waals surface area contributed by atoms with E-state index in [1.165, 1.54) is 25.7 Å². The van der Waals surface area contributed by atoms with Crippen LogP contribution >= 0.6 is 11.6 Å². The van der Waals surface area contributed by atoms with Gasteiger partial charge in [-0.05, 0) is 49.3 Å². The molecule has 1 aromatic rings. The average Bonchev–Trinajstić information content (AvgIpc) is 3.17. The van der Waals surface area contributed by atoms with Crippen molar-refractivity contribution in [1.82, 2.24) is 4.31 Å². The fourth-order valence-corrected chi connectivity index (χ4v) is 5.70. The molecule has 1 aliphatic heterocycles. The van der Waals surface area contributed by atoms with Crippen molar-refractivity contribution in [2.45, 2.75) is 55.3 Å². The second kappa shape index (κ2) is 6.27. The van der Waals surface area contributed by atoms with E-state index in [0.29, 0.717) is 23.2 Å². The summed E-state index contributed by atoms with van der Waals surface area (Å²) in [6.45, 7) is 0.667. The molecule has 2 aliphatic rings. The molecule has 0 amide bonds. The summed E-state index contributed by atoms with van der Waals surface area (Å²) in [5, 5.41) is 0. The van der Waals surface area contributed by atoms with Gasteiger partial charge in [-0.25, -0.2) is 8.42 Å². The van der Waals surface area contributed by atoms with Crippen molar-refractivity contribution in [2.24, 2.45) is 5.92 Å². The molecule has 1 aliphatic carbocycles. The van der Waals surface area contributed by atoms with E-state index >= 15 is 0 Å². The van der Waals surface area contributed by atoms with Gasteiger partial charge in [-0.15, -0.1) is 11.6 Å². The molecule has 0 bridgehead atoms. The molecule has 1 atom stereocenters. The van der Waals surface area contributed by atoms with Crippen molar-refractivity contribution in [3.8, 4) is 0 Å². The van der Waals surface area contributed by atoms with E-state index in [2.05, 4.69) is 0 Å². The number of nitrogens with zero attached hydrogens (tertiary/aromatic N) is 1. The van der Waals surface area contributed by atoms with Gasteiger partial charge in [0.15, 0.2) is 0 Å². The SMILES string of the molecule is O=S(=O)(c1ccc(CCl)cc1)N1CCCC1C1CCCC1. The molecule has 1 saturated carbocycles. The Morgan fingerprint density at radius 1 is 1.05 bits per heavy atom. The Hall–Kier alpha value is -0.580. The zero-order chi connectivity index (χ0) is 14.9. The fourth-order valence-electron chi connectivity index (χ4n) is 3.76. The Balaban J connectivity index is 1.85. The van der Waals surface area contributed by atoms with E-state index in [9.17, 15) is 8.42 Å². The zero-order valence-corrected chi connectivity index (χ0v) is 13.7. The highest BCUT2D eigenvalue weighted by atomic mass is 35.5. The molecule has 3 nitrogen and oxygen atoms in total. The molecule has 1 unspecified atom stereocenters. The van der Waals surface area contributed by atoms with Crippen molar-refractivity contribution >= 4 is 21.6 Å². The maximum atomic E-state index is 12.9. The van der Waals surface area contributed by atoms with Gasteiger partial charge in [0.25, 0.3) is 0 Å². The van der Waals surface area contributed by atoms with E-state index in [0.717, 1.165) is 18.4 Å². The zero-order valence-electron chi connectivity index (χ0n) is 12.2. The molecule has 0 N–H and O–H groups in total. The van der Waals surface area contributed by atoms with E-state index in [1.807, 2.05) is 0 Å². The molecule has 2 fully saturated rings. The first-order valence-corrected chi connectivity index (χ1v) is 9.77. The largest absolute Gasteiger partial charge is 0.243 e. The molecule has 5 heteroatoms. The molecule has 0 aromatic heterocycles. The van der Waals surface area contributed by atoms with Gasteiger partial charge in [-0.1, -0.05) is 25.0 Å². The predicted octanol–water partition coefficient (Wildman–Crippen LogP) is 3.77. The van der Waals surface area contributed by atoms with Crippen LogP contribution in [0.1, 0.15) is 44.1 Å². The number of alkyl halides is 1. The number of hydrogen-bond donors (Lipinski definition) is 0. The predicted molar refractivity (Wildman–Crippen MR) is 84.9 cm³/mol. The van der Waals surface area contributed by atoms with Gasteiger partial charge in [-0.3, -0.25) is 0 Å². The van der Waals surface area contributed by atoms with E-state index in [4.69, 9.17) is 11.6 Å². The molecule has 1 aromatic carbocycles. The third-order valence-electron chi connectivity index (χ3n) is 4.88. The lowest BCUT2D eigenvalue weighted by Gasteiger charge is -2.28. The summed E-state index contributed by atoms with van der Waals surface area (Å²) in [5.74, 6) is 0.971. The van der Waals surface area contributed by atoms with Gasteiger partial charge in [-0.2, -0.15) is 4.31 Å².